The van der Waals surface area contributed by atoms with Crippen LogP contribution in [0.4, 0.5) is 5.82 Å². The second-order valence-electron chi connectivity index (χ2n) is 2.92. The molecule has 76 valence electrons. The van der Waals surface area contributed by atoms with E-state index < -0.39 is 0 Å². The minimum atomic E-state index is -0.237. The maximum Gasteiger partial charge on any atom is 0.239 e. The van der Waals surface area contributed by atoms with Crippen molar-refractivity contribution in [1.82, 2.24) is 4.98 Å². The van der Waals surface area contributed by atoms with Gasteiger partial charge in [0.2, 0.25) is 5.91 Å². The molecule has 1 heterocycles. The van der Waals surface area contributed by atoms with Gasteiger partial charge in [0.25, 0.3) is 0 Å². The monoisotopic (exact) mass is 276 g/mol. The number of anilines is 1. The van der Waals surface area contributed by atoms with E-state index >= 15 is 0 Å². The van der Waals surface area contributed by atoms with Crippen LogP contribution in [0.3, 0.4) is 0 Å². The van der Waals surface area contributed by atoms with Gasteiger partial charge in [0.1, 0.15) is 5.82 Å². The molecule has 3 nitrogen and oxygen atoms in total. The first-order valence-corrected chi connectivity index (χ1v) is 5.37. The van der Waals surface area contributed by atoms with E-state index in [1.54, 1.807) is 13.0 Å². The minimum absolute atomic E-state index is 0.122. The van der Waals surface area contributed by atoms with Crippen LogP contribution in [0.2, 0.25) is 5.02 Å². The number of rotatable bonds is 2. The highest BCUT2D eigenvalue weighted by atomic mass is 79.9. The molecule has 0 fully saturated rings. The molecule has 1 rings (SSSR count). The number of alkyl halides is 1. The average Bonchev–Trinajstić information content (AvgIpc) is 2.09. The number of hydrogen-bond donors (Lipinski definition) is 1. The first kappa shape index (κ1) is 11.5. The zero-order chi connectivity index (χ0) is 10.7. The molecule has 0 aliphatic carbocycles. The van der Waals surface area contributed by atoms with E-state index in [0.29, 0.717) is 10.8 Å². The van der Waals surface area contributed by atoms with Gasteiger partial charge in [0.05, 0.1) is 9.85 Å². The lowest BCUT2D eigenvalue weighted by molar-refractivity contribution is -0.115. The molecular formula is C9H10BrClN2O. The van der Waals surface area contributed by atoms with Crippen molar-refractivity contribution in [2.24, 2.45) is 0 Å². The highest BCUT2D eigenvalue weighted by Crippen LogP contribution is 2.16. The summed E-state index contributed by atoms with van der Waals surface area (Å²) in [6.07, 6.45) is 1.50. The van der Waals surface area contributed by atoms with Gasteiger partial charge in [-0.3, -0.25) is 4.79 Å². The summed E-state index contributed by atoms with van der Waals surface area (Å²) in [4.78, 5) is 15.1. The molecule has 0 aromatic carbocycles. The zero-order valence-electron chi connectivity index (χ0n) is 7.84. The second-order valence-corrected chi connectivity index (χ2v) is 4.73. The van der Waals surface area contributed by atoms with Crippen LogP contribution < -0.4 is 5.32 Å². The van der Waals surface area contributed by atoms with Gasteiger partial charge in [-0.25, -0.2) is 4.98 Å². The van der Waals surface area contributed by atoms with E-state index in [2.05, 4.69) is 26.2 Å². The third-order valence-corrected chi connectivity index (χ3v) is 2.27. The third kappa shape index (κ3) is 2.96. The molecule has 0 bridgehead atoms. The summed E-state index contributed by atoms with van der Waals surface area (Å²) in [5.41, 5.74) is 0.846. The van der Waals surface area contributed by atoms with Crippen LogP contribution in [0.15, 0.2) is 12.3 Å². The standard InChI is InChI=1S/C9H10BrClN2O/c1-5-3-7(11)4-12-8(5)13-9(14)6(2)10/h3-4,6H,1-2H3,(H,12,13,14). The summed E-state index contributed by atoms with van der Waals surface area (Å²) in [6.45, 7) is 3.59. The van der Waals surface area contributed by atoms with E-state index in [4.69, 9.17) is 11.6 Å². The Bertz CT molecular complexity index is 355. The topological polar surface area (TPSA) is 42.0 Å². The molecule has 0 radical (unpaired) electrons. The number of pyridine rings is 1. The van der Waals surface area contributed by atoms with Crippen LogP contribution in [-0.2, 0) is 4.79 Å². The molecule has 0 saturated heterocycles. The van der Waals surface area contributed by atoms with Crippen LogP contribution in [0, 0.1) is 6.92 Å². The van der Waals surface area contributed by atoms with Crippen LogP contribution in [0.1, 0.15) is 12.5 Å². The summed E-state index contributed by atoms with van der Waals surface area (Å²) in [5, 5.41) is 3.24. The molecule has 1 unspecified atom stereocenters. The lowest BCUT2D eigenvalue weighted by atomic mass is 10.3. The number of aromatic nitrogens is 1. The van der Waals surface area contributed by atoms with Gasteiger partial charge >= 0.3 is 0 Å². The average molecular weight is 278 g/mol. The second kappa shape index (κ2) is 4.75. The highest BCUT2D eigenvalue weighted by Gasteiger charge is 2.10. The molecule has 1 aromatic rings. The molecule has 0 aliphatic rings. The normalized spacial score (nSPS) is 12.3. The smallest absolute Gasteiger partial charge is 0.239 e. The lowest BCUT2D eigenvalue weighted by Crippen LogP contribution is -2.21. The largest absolute Gasteiger partial charge is 0.310 e. The number of aryl methyl sites for hydroxylation is 1. The Labute approximate surface area is 96.0 Å². The quantitative estimate of drug-likeness (QED) is 0.845. The van der Waals surface area contributed by atoms with Gasteiger partial charge in [-0.05, 0) is 25.5 Å². The van der Waals surface area contributed by atoms with E-state index in [1.807, 2.05) is 6.92 Å². The van der Waals surface area contributed by atoms with Crippen molar-refractivity contribution in [3.63, 3.8) is 0 Å². The molecule has 5 heteroatoms. The van der Waals surface area contributed by atoms with Crippen molar-refractivity contribution in [3.8, 4) is 0 Å². The summed E-state index contributed by atoms with van der Waals surface area (Å²) in [7, 11) is 0. The van der Waals surface area contributed by atoms with Crippen LogP contribution >= 0.6 is 27.5 Å². The molecular weight excluding hydrogens is 267 g/mol. The molecule has 1 N–H and O–H groups in total. The van der Waals surface area contributed by atoms with Gasteiger partial charge in [-0.15, -0.1) is 0 Å². The van der Waals surface area contributed by atoms with Crippen LogP contribution in [0.5, 0.6) is 0 Å². The van der Waals surface area contributed by atoms with Crippen LogP contribution in [0.25, 0.3) is 0 Å². The van der Waals surface area contributed by atoms with Gasteiger partial charge in [0, 0.05) is 6.20 Å². The Morgan fingerprint density at radius 1 is 1.71 bits per heavy atom. The molecule has 1 aromatic heterocycles. The van der Waals surface area contributed by atoms with Crippen molar-refractivity contribution in [1.29, 1.82) is 0 Å². The number of nitrogens with one attached hydrogen (secondary N) is 1. The fourth-order valence-corrected chi connectivity index (χ4v) is 1.21. The summed E-state index contributed by atoms with van der Waals surface area (Å²) in [6, 6.07) is 1.75. The number of carbonyl (C=O) groups excluding carboxylic acids is 1. The van der Waals surface area contributed by atoms with E-state index in [9.17, 15) is 4.79 Å². The highest BCUT2D eigenvalue weighted by molar-refractivity contribution is 9.10. The Morgan fingerprint density at radius 2 is 2.36 bits per heavy atom. The third-order valence-electron chi connectivity index (χ3n) is 1.65. The summed E-state index contributed by atoms with van der Waals surface area (Å²) >= 11 is 8.90. The van der Waals surface area contributed by atoms with Crippen molar-refractivity contribution in [3.05, 3.63) is 22.8 Å². The molecule has 1 amide bonds. The van der Waals surface area contributed by atoms with Crippen LogP contribution in [-0.4, -0.2) is 15.7 Å². The minimum Gasteiger partial charge on any atom is -0.310 e. The van der Waals surface area contributed by atoms with Crippen molar-refractivity contribution < 1.29 is 4.79 Å². The first-order chi connectivity index (χ1) is 6.50. The van der Waals surface area contributed by atoms with E-state index in [-0.39, 0.29) is 10.7 Å². The van der Waals surface area contributed by atoms with Gasteiger partial charge in [-0.1, -0.05) is 27.5 Å². The summed E-state index contributed by atoms with van der Waals surface area (Å²) in [5.74, 6) is 0.425. The fourth-order valence-electron chi connectivity index (χ4n) is 0.887. The number of halogens is 2. The molecule has 1 atom stereocenters. The fraction of sp³-hybridized carbons (Fsp3) is 0.333. The van der Waals surface area contributed by atoms with Gasteiger partial charge < -0.3 is 5.32 Å². The number of carbonyl (C=O) groups is 1. The predicted octanol–water partition coefficient (Wildman–Crippen LogP) is 2.77. The molecule has 0 spiro atoms. The first-order valence-electron chi connectivity index (χ1n) is 4.08. The van der Waals surface area contributed by atoms with Crippen molar-refractivity contribution in [2.45, 2.75) is 18.7 Å². The Balaban J connectivity index is 2.82. The SMILES string of the molecule is Cc1cc(Cl)cnc1NC(=O)C(C)Br. The number of hydrogen-bond acceptors (Lipinski definition) is 2. The van der Waals surface area contributed by atoms with Crippen molar-refractivity contribution >= 4 is 39.3 Å². The van der Waals surface area contributed by atoms with Gasteiger partial charge in [0.15, 0.2) is 0 Å². The molecule has 14 heavy (non-hydrogen) atoms. The van der Waals surface area contributed by atoms with Gasteiger partial charge in [-0.2, -0.15) is 0 Å². The molecule has 0 saturated carbocycles. The predicted molar refractivity (Wildman–Crippen MR) is 61.0 cm³/mol. The summed E-state index contributed by atoms with van der Waals surface area (Å²) < 4.78 is 0. The Hall–Kier alpha value is -0.610. The molecule has 0 aliphatic heterocycles. The number of amides is 1. The van der Waals surface area contributed by atoms with E-state index in [0.717, 1.165) is 5.56 Å². The Morgan fingerprint density at radius 3 is 2.86 bits per heavy atom. The Kier molecular flexibility index (Phi) is 3.89. The lowest BCUT2D eigenvalue weighted by Gasteiger charge is -2.08. The van der Waals surface area contributed by atoms with E-state index in [1.165, 1.54) is 6.20 Å². The zero-order valence-corrected chi connectivity index (χ0v) is 10.2. The maximum atomic E-state index is 11.3. The number of nitrogens with zero attached hydrogens (tertiary/aromatic N) is 1. The van der Waals surface area contributed by atoms with Crippen molar-refractivity contribution in [2.75, 3.05) is 5.32 Å². The maximum absolute atomic E-state index is 11.3.